The first-order chi connectivity index (χ1) is 15.0. The van der Waals surface area contributed by atoms with Crippen LogP contribution in [0.2, 0.25) is 0 Å². The van der Waals surface area contributed by atoms with Gasteiger partial charge in [0.25, 0.3) is 6.43 Å². The van der Waals surface area contributed by atoms with E-state index in [-0.39, 0.29) is 18.4 Å². The summed E-state index contributed by atoms with van der Waals surface area (Å²) in [5.41, 5.74) is 0.761. The van der Waals surface area contributed by atoms with Gasteiger partial charge in [0.05, 0.1) is 6.54 Å². The van der Waals surface area contributed by atoms with Crippen LogP contribution in [0.15, 0.2) is 29.3 Å². The van der Waals surface area contributed by atoms with Crippen molar-refractivity contribution in [1.29, 1.82) is 0 Å². The lowest BCUT2D eigenvalue weighted by molar-refractivity contribution is 0.0744. The summed E-state index contributed by atoms with van der Waals surface area (Å²) < 4.78 is 39.0. The van der Waals surface area contributed by atoms with Gasteiger partial charge in [-0.05, 0) is 57.7 Å². The van der Waals surface area contributed by atoms with Crippen molar-refractivity contribution in [3.63, 3.8) is 0 Å². The Hall–Kier alpha value is -1.80. The lowest BCUT2D eigenvalue weighted by atomic mass is 9.96. The van der Waals surface area contributed by atoms with Crippen LogP contribution in [-0.2, 0) is 6.54 Å². The highest BCUT2D eigenvalue weighted by Crippen LogP contribution is 2.20. The minimum absolute atomic E-state index is 0.128. The smallest absolute Gasteiger partial charge is 0.251 e. The van der Waals surface area contributed by atoms with E-state index in [1.165, 1.54) is 6.07 Å². The highest BCUT2D eigenvalue weighted by molar-refractivity contribution is 5.80. The number of nitrogens with one attached hydrogen (secondary N) is 2. The molecule has 3 rings (SSSR count). The summed E-state index contributed by atoms with van der Waals surface area (Å²) in [6.45, 7) is 7.45. The molecule has 0 aromatic heterocycles. The number of halogens is 3. The molecule has 0 saturated carbocycles. The van der Waals surface area contributed by atoms with Crippen molar-refractivity contribution < 1.29 is 13.2 Å². The van der Waals surface area contributed by atoms with Crippen molar-refractivity contribution in [2.24, 2.45) is 10.9 Å². The molecular formula is C23H36F3N5. The zero-order valence-corrected chi connectivity index (χ0v) is 18.5. The van der Waals surface area contributed by atoms with Crippen LogP contribution in [0.25, 0.3) is 0 Å². The molecule has 2 saturated heterocycles. The predicted octanol–water partition coefficient (Wildman–Crippen LogP) is 3.32. The number of aliphatic imine (C=N–C) groups is 1. The Balaban J connectivity index is 1.41. The van der Waals surface area contributed by atoms with E-state index in [1.54, 1.807) is 6.07 Å². The largest absolute Gasteiger partial charge is 0.357 e. The standard InChI is InChI=1S/C23H36F3N5/c1-2-27-23(29-20-9-13-31(14-10-20)17-22(25)26)28-15-18-7-11-30(12-8-18)16-19-5-3-4-6-21(19)24/h3-6,18,20,22H,2,7-17H2,1H3,(H2,27,28,29). The van der Waals surface area contributed by atoms with Crippen LogP contribution in [0.5, 0.6) is 0 Å². The number of rotatable bonds is 8. The number of benzene rings is 1. The minimum Gasteiger partial charge on any atom is -0.357 e. The molecule has 0 aliphatic carbocycles. The van der Waals surface area contributed by atoms with E-state index in [0.717, 1.165) is 63.4 Å². The average Bonchev–Trinajstić information content (AvgIpc) is 2.76. The summed E-state index contributed by atoms with van der Waals surface area (Å²) in [6, 6.07) is 7.27. The highest BCUT2D eigenvalue weighted by Gasteiger charge is 2.23. The summed E-state index contributed by atoms with van der Waals surface area (Å²) in [5.74, 6) is 1.22. The van der Waals surface area contributed by atoms with E-state index in [1.807, 2.05) is 24.0 Å². The molecule has 0 spiro atoms. The zero-order chi connectivity index (χ0) is 22.1. The SMILES string of the molecule is CCNC(=NCC1CCN(Cc2ccccc2F)CC1)NC1CCN(CC(F)F)CC1. The number of alkyl halides is 2. The second-order valence-corrected chi connectivity index (χ2v) is 8.64. The van der Waals surface area contributed by atoms with Gasteiger partial charge in [0.2, 0.25) is 0 Å². The van der Waals surface area contributed by atoms with Crippen molar-refractivity contribution in [3.05, 3.63) is 35.6 Å². The molecule has 174 valence electrons. The summed E-state index contributed by atoms with van der Waals surface area (Å²) in [4.78, 5) is 8.95. The third-order valence-electron chi connectivity index (χ3n) is 6.24. The molecule has 2 fully saturated rings. The van der Waals surface area contributed by atoms with Crippen LogP contribution in [0, 0.1) is 11.7 Å². The topological polar surface area (TPSA) is 42.9 Å². The van der Waals surface area contributed by atoms with Gasteiger partial charge in [-0.2, -0.15) is 0 Å². The first kappa shape index (κ1) is 23.9. The second-order valence-electron chi connectivity index (χ2n) is 8.64. The van der Waals surface area contributed by atoms with Gasteiger partial charge >= 0.3 is 0 Å². The zero-order valence-electron chi connectivity index (χ0n) is 18.5. The fourth-order valence-electron chi connectivity index (χ4n) is 4.38. The number of likely N-dealkylation sites (tertiary alicyclic amines) is 2. The normalized spacial score (nSPS) is 20.4. The van der Waals surface area contributed by atoms with E-state index in [4.69, 9.17) is 4.99 Å². The quantitative estimate of drug-likeness (QED) is 0.482. The number of hydrogen-bond donors (Lipinski definition) is 2. The first-order valence-electron chi connectivity index (χ1n) is 11.5. The molecule has 2 N–H and O–H groups in total. The number of hydrogen-bond acceptors (Lipinski definition) is 3. The summed E-state index contributed by atoms with van der Waals surface area (Å²) in [7, 11) is 0. The maximum absolute atomic E-state index is 13.9. The fraction of sp³-hybridized carbons (Fsp3) is 0.696. The van der Waals surface area contributed by atoms with Crippen molar-refractivity contribution in [1.82, 2.24) is 20.4 Å². The monoisotopic (exact) mass is 439 g/mol. The van der Waals surface area contributed by atoms with Crippen molar-refractivity contribution in [3.8, 4) is 0 Å². The van der Waals surface area contributed by atoms with Crippen LogP contribution in [-0.4, -0.2) is 74.0 Å². The van der Waals surface area contributed by atoms with Gasteiger partial charge in [-0.3, -0.25) is 14.8 Å². The van der Waals surface area contributed by atoms with Gasteiger partial charge in [-0.25, -0.2) is 13.2 Å². The summed E-state index contributed by atoms with van der Waals surface area (Å²) >= 11 is 0. The molecular weight excluding hydrogens is 403 g/mol. The predicted molar refractivity (Wildman–Crippen MR) is 119 cm³/mol. The third-order valence-corrected chi connectivity index (χ3v) is 6.24. The van der Waals surface area contributed by atoms with E-state index >= 15 is 0 Å². The molecule has 2 heterocycles. The molecule has 0 bridgehead atoms. The van der Waals surface area contributed by atoms with E-state index in [9.17, 15) is 13.2 Å². The summed E-state index contributed by atoms with van der Waals surface area (Å²) in [6.07, 6.45) is 1.56. The number of piperidine rings is 2. The van der Waals surface area contributed by atoms with E-state index in [2.05, 4.69) is 15.5 Å². The summed E-state index contributed by atoms with van der Waals surface area (Å²) in [5, 5.41) is 6.80. The van der Waals surface area contributed by atoms with Crippen LogP contribution >= 0.6 is 0 Å². The van der Waals surface area contributed by atoms with Crippen LogP contribution in [0.3, 0.4) is 0 Å². The molecule has 2 aliphatic rings. The van der Waals surface area contributed by atoms with Gasteiger partial charge in [0.1, 0.15) is 5.82 Å². The Labute approximate surface area is 184 Å². The maximum Gasteiger partial charge on any atom is 0.251 e. The van der Waals surface area contributed by atoms with Gasteiger partial charge in [-0.1, -0.05) is 18.2 Å². The van der Waals surface area contributed by atoms with Gasteiger partial charge in [0, 0.05) is 44.3 Å². The Morgan fingerprint density at radius 1 is 1.06 bits per heavy atom. The molecule has 2 aliphatic heterocycles. The van der Waals surface area contributed by atoms with Gasteiger partial charge < -0.3 is 10.6 Å². The maximum atomic E-state index is 13.9. The molecule has 0 amide bonds. The van der Waals surface area contributed by atoms with Gasteiger partial charge in [0.15, 0.2) is 5.96 Å². The second kappa shape index (κ2) is 12.3. The Bertz CT molecular complexity index is 684. The molecule has 0 atom stereocenters. The molecule has 1 aromatic carbocycles. The lowest BCUT2D eigenvalue weighted by Gasteiger charge is -2.33. The Kier molecular flexibility index (Phi) is 9.46. The first-order valence-corrected chi connectivity index (χ1v) is 11.5. The van der Waals surface area contributed by atoms with Crippen LogP contribution < -0.4 is 10.6 Å². The molecule has 1 aromatic rings. The number of guanidine groups is 1. The molecule has 0 unspecified atom stereocenters. The van der Waals surface area contributed by atoms with Gasteiger partial charge in [-0.15, -0.1) is 0 Å². The van der Waals surface area contributed by atoms with Crippen molar-refractivity contribution in [2.45, 2.75) is 51.6 Å². The number of nitrogens with zero attached hydrogens (tertiary/aromatic N) is 3. The van der Waals surface area contributed by atoms with E-state index < -0.39 is 6.43 Å². The Morgan fingerprint density at radius 2 is 1.74 bits per heavy atom. The van der Waals surface area contributed by atoms with Crippen LogP contribution in [0.1, 0.15) is 38.2 Å². The van der Waals surface area contributed by atoms with Crippen LogP contribution in [0.4, 0.5) is 13.2 Å². The average molecular weight is 440 g/mol. The van der Waals surface area contributed by atoms with Crippen molar-refractivity contribution in [2.75, 3.05) is 45.8 Å². The molecule has 5 nitrogen and oxygen atoms in total. The highest BCUT2D eigenvalue weighted by atomic mass is 19.3. The molecule has 8 heteroatoms. The Morgan fingerprint density at radius 3 is 2.39 bits per heavy atom. The molecule has 0 radical (unpaired) electrons. The fourth-order valence-corrected chi connectivity index (χ4v) is 4.38. The minimum atomic E-state index is -2.26. The lowest BCUT2D eigenvalue weighted by Crippen LogP contribution is -2.49. The van der Waals surface area contributed by atoms with Crippen molar-refractivity contribution >= 4 is 5.96 Å². The van der Waals surface area contributed by atoms with E-state index in [0.29, 0.717) is 25.6 Å². The molecule has 31 heavy (non-hydrogen) atoms. The third kappa shape index (κ3) is 8.00.